The van der Waals surface area contributed by atoms with Gasteiger partial charge >= 0.3 is 0 Å². The van der Waals surface area contributed by atoms with Gasteiger partial charge in [0.15, 0.2) is 5.16 Å². The normalized spacial score (nSPS) is 16.5. The molecule has 0 saturated carbocycles. The van der Waals surface area contributed by atoms with Crippen molar-refractivity contribution < 1.29 is 4.79 Å². The molecule has 0 spiro atoms. The lowest BCUT2D eigenvalue weighted by molar-refractivity contribution is -0.131. The highest BCUT2D eigenvalue weighted by molar-refractivity contribution is 7.99. The van der Waals surface area contributed by atoms with Crippen LogP contribution in [0, 0.1) is 0 Å². The maximum atomic E-state index is 12.9. The zero-order valence-electron chi connectivity index (χ0n) is 15.2. The third-order valence-electron chi connectivity index (χ3n) is 4.89. The molecule has 0 N–H and O–H groups in total. The van der Waals surface area contributed by atoms with Gasteiger partial charge in [0.25, 0.3) is 0 Å². The van der Waals surface area contributed by atoms with Crippen molar-refractivity contribution in [2.75, 3.05) is 12.3 Å². The van der Waals surface area contributed by atoms with Crippen molar-refractivity contribution in [3.8, 4) is 0 Å². The van der Waals surface area contributed by atoms with Crippen molar-refractivity contribution in [3.63, 3.8) is 0 Å². The molecule has 1 amide bonds. The highest BCUT2D eigenvalue weighted by Gasteiger charge is 2.30. The second kappa shape index (κ2) is 8.58. The number of aryl methyl sites for hydroxylation is 2. The van der Waals surface area contributed by atoms with Crippen LogP contribution in [0.1, 0.15) is 34.7 Å². The second-order valence-corrected chi connectivity index (χ2v) is 9.46. The zero-order valence-corrected chi connectivity index (χ0v) is 17.7. The van der Waals surface area contributed by atoms with Crippen LogP contribution in [-0.4, -0.2) is 37.9 Å². The van der Waals surface area contributed by atoms with Gasteiger partial charge in [-0.3, -0.25) is 4.79 Å². The van der Waals surface area contributed by atoms with E-state index in [1.54, 1.807) is 17.7 Å². The molecule has 0 aliphatic carbocycles. The Labute approximate surface area is 171 Å². The fourth-order valence-electron chi connectivity index (χ4n) is 3.54. The van der Waals surface area contributed by atoms with E-state index in [2.05, 4.69) is 51.0 Å². The molecular formula is C19H22N4OS3. The minimum absolute atomic E-state index is 0.191. The second-order valence-electron chi connectivity index (χ2n) is 6.49. The van der Waals surface area contributed by atoms with Crippen molar-refractivity contribution in [1.82, 2.24) is 19.7 Å². The highest BCUT2D eigenvalue weighted by Crippen LogP contribution is 2.35. The van der Waals surface area contributed by atoms with Crippen molar-refractivity contribution in [1.29, 1.82) is 0 Å². The molecule has 8 heteroatoms. The summed E-state index contributed by atoms with van der Waals surface area (Å²) < 4.78 is 2.04. The fourth-order valence-corrected chi connectivity index (χ4v) is 5.99. The van der Waals surface area contributed by atoms with Gasteiger partial charge in [-0.2, -0.15) is 0 Å². The molecule has 1 aliphatic heterocycles. The number of thioether (sulfide) groups is 1. The number of thiophene rings is 2. The van der Waals surface area contributed by atoms with E-state index >= 15 is 0 Å². The summed E-state index contributed by atoms with van der Waals surface area (Å²) in [6.07, 6.45) is 4.64. The summed E-state index contributed by atoms with van der Waals surface area (Å²) in [5, 5.41) is 13.3. The molecule has 27 heavy (non-hydrogen) atoms. The smallest absolute Gasteiger partial charge is 0.233 e. The standard InChI is InChI=1S/C19H22N4OS3/c1-2-16-15-7-11-26-17(15)6-9-23(16)18(24)12-27-19-21-20-13-22(19)8-5-14-4-3-10-25-14/h3-4,7,10-11,13,16H,2,5-6,8-9,12H2,1H3. The molecule has 4 heterocycles. The number of carbonyl (C=O) groups is 1. The molecule has 0 bridgehead atoms. The van der Waals surface area contributed by atoms with Gasteiger partial charge in [-0.1, -0.05) is 24.8 Å². The zero-order chi connectivity index (χ0) is 18.6. The molecule has 4 rings (SSSR count). The van der Waals surface area contributed by atoms with E-state index in [-0.39, 0.29) is 11.9 Å². The summed E-state index contributed by atoms with van der Waals surface area (Å²) >= 11 is 5.07. The molecule has 142 valence electrons. The minimum atomic E-state index is 0.191. The number of hydrogen-bond acceptors (Lipinski definition) is 6. The summed E-state index contributed by atoms with van der Waals surface area (Å²) in [5.74, 6) is 0.602. The van der Waals surface area contributed by atoms with Gasteiger partial charge < -0.3 is 9.47 Å². The van der Waals surface area contributed by atoms with Gasteiger partial charge in [-0.05, 0) is 47.7 Å². The van der Waals surface area contributed by atoms with E-state index in [4.69, 9.17) is 0 Å². The van der Waals surface area contributed by atoms with Gasteiger partial charge in [0, 0.05) is 22.8 Å². The average molecular weight is 419 g/mol. The van der Waals surface area contributed by atoms with E-state index in [9.17, 15) is 4.79 Å². The van der Waals surface area contributed by atoms with Gasteiger partial charge in [-0.25, -0.2) is 0 Å². The van der Waals surface area contributed by atoms with Crippen LogP contribution in [0.2, 0.25) is 0 Å². The third kappa shape index (κ3) is 4.12. The fraction of sp³-hybridized carbons (Fsp3) is 0.421. The molecule has 5 nitrogen and oxygen atoms in total. The first-order valence-corrected chi connectivity index (χ1v) is 11.9. The lowest BCUT2D eigenvalue weighted by Gasteiger charge is -2.35. The SMILES string of the molecule is CCC1c2ccsc2CCN1C(=O)CSc1nncn1CCc1cccs1. The lowest BCUT2D eigenvalue weighted by atomic mass is 9.98. The Kier molecular flexibility index (Phi) is 5.95. The molecule has 1 aliphatic rings. The molecule has 1 unspecified atom stereocenters. The van der Waals surface area contributed by atoms with Crippen LogP contribution in [0.4, 0.5) is 0 Å². The van der Waals surface area contributed by atoms with E-state index in [1.807, 2.05) is 15.9 Å². The summed E-state index contributed by atoms with van der Waals surface area (Å²) in [4.78, 5) is 17.7. The maximum Gasteiger partial charge on any atom is 0.233 e. The number of rotatable bonds is 7. The van der Waals surface area contributed by atoms with Crippen molar-refractivity contribution in [2.45, 2.75) is 43.9 Å². The van der Waals surface area contributed by atoms with Gasteiger partial charge in [0.2, 0.25) is 5.91 Å². The molecule has 3 aromatic rings. The Morgan fingerprint density at radius 1 is 1.33 bits per heavy atom. The van der Waals surface area contributed by atoms with Crippen molar-refractivity contribution >= 4 is 40.3 Å². The van der Waals surface area contributed by atoms with Gasteiger partial charge in [-0.15, -0.1) is 32.9 Å². The largest absolute Gasteiger partial charge is 0.335 e. The number of nitrogens with zero attached hydrogens (tertiary/aromatic N) is 4. The molecule has 0 fully saturated rings. The monoisotopic (exact) mass is 418 g/mol. The van der Waals surface area contributed by atoms with Crippen LogP contribution in [0.5, 0.6) is 0 Å². The summed E-state index contributed by atoms with van der Waals surface area (Å²) in [6.45, 7) is 3.81. The van der Waals surface area contributed by atoms with Crippen LogP contribution in [0.3, 0.4) is 0 Å². The van der Waals surface area contributed by atoms with E-state index in [0.29, 0.717) is 5.75 Å². The van der Waals surface area contributed by atoms with Crippen molar-refractivity contribution in [3.05, 3.63) is 50.6 Å². The molecule has 1 atom stereocenters. The Balaban J connectivity index is 1.36. The summed E-state index contributed by atoms with van der Waals surface area (Å²) in [5.41, 5.74) is 1.34. The Bertz CT molecular complexity index is 887. The van der Waals surface area contributed by atoms with Gasteiger partial charge in [0.05, 0.1) is 11.8 Å². The molecule has 0 radical (unpaired) electrons. The lowest BCUT2D eigenvalue weighted by Crippen LogP contribution is -2.40. The Morgan fingerprint density at radius 3 is 3.07 bits per heavy atom. The number of hydrogen-bond donors (Lipinski definition) is 0. The van der Waals surface area contributed by atoms with E-state index < -0.39 is 0 Å². The quantitative estimate of drug-likeness (QED) is 0.538. The first kappa shape index (κ1) is 18.7. The predicted octanol–water partition coefficient (Wildman–Crippen LogP) is 4.27. The molecular weight excluding hydrogens is 396 g/mol. The molecule has 0 aromatic carbocycles. The van der Waals surface area contributed by atoms with E-state index in [0.717, 1.165) is 37.5 Å². The van der Waals surface area contributed by atoms with E-state index in [1.165, 1.54) is 27.1 Å². The predicted molar refractivity (Wildman–Crippen MR) is 112 cm³/mol. The van der Waals surface area contributed by atoms with Crippen LogP contribution in [0.25, 0.3) is 0 Å². The highest BCUT2D eigenvalue weighted by atomic mass is 32.2. The number of amides is 1. The number of aromatic nitrogens is 3. The Morgan fingerprint density at radius 2 is 2.26 bits per heavy atom. The van der Waals surface area contributed by atoms with Crippen LogP contribution >= 0.6 is 34.4 Å². The maximum absolute atomic E-state index is 12.9. The molecule has 3 aromatic heterocycles. The average Bonchev–Trinajstić information content (AvgIpc) is 3.44. The van der Waals surface area contributed by atoms with Gasteiger partial charge in [0.1, 0.15) is 6.33 Å². The summed E-state index contributed by atoms with van der Waals surface area (Å²) in [6, 6.07) is 6.61. The minimum Gasteiger partial charge on any atom is -0.335 e. The Hall–Kier alpha value is -1.64. The van der Waals surface area contributed by atoms with Crippen LogP contribution < -0.4 is 0 Å². The first-order valence-electron chi connectivity index (χ1n) is 9.15. The van der Waals surface area contributed by atoms with Crippen molar-refractivity contribution in [2.24, 2.45) is 0 Å². The van der Waals surface area contributed by atoms with Crippen LogP contribution in [0.15, 0.2) is 40.4 Å². The topological polar surface area (TPSA) is 51.0 Å². The number of fused-ring (bicyclic) bond motifs is 1. The molecule has 0 saturated heterocycles. The third-order valence-corrected chi connectivity index (χ3v) is 7.78. The number of carbonyl (C=O) groups excluding carboxylic acids is 1. The summed E-state index contributed by atoms with van der Waals surface area (Å²) in [7, 11) is 0. The first-order chi connectivity index (χ1) is 13.3. The van der Waals surface area contributed by atoms with Crippen LogP contribution in [-0.2, 0) is 24.2 Å².